The number of nitrogens with one attached hydrogen (secondary N) is 1. The minimum absolute atomic E-state index is 0.00595. The Kier molecular flexibility index (Phi) is 8.44. The number of ether oxygens (including phenoxy) is 1. The number of rotatable bonds is 11. The fraction of sp³-hybridized carbons (Fsp3) is 0.457. The molecule has 3 heterocycles. The molecule has 0 aliphatic heterocycles. The standard InChI is InChI=1S/C35H40N6O5/c1-2-6-30-29(19-23-9-11-24(12-10-23)27-7-3-4-8-28(27)31-38-34(44)46-39-31)32(43)40(33-36-22-37-41(30)33)25-13-15-26(16-14-25)45-21-35(20-42)17-5-18-35/h3-4,7-12,22,25-26,42H,2,5-6,13-21H2,1H3,(H,38,39,44). The van der Waals surface area contributed by atoms with Crippen molar-refractivity contribution in [1.82, 2.24) is 29.3 Å². The Hall–Kier alpha value is -4.35. The van der Waals surface area contributed by atoms with Crippen LogP contribution in [0.3, 0.4) is 0 Å². The molecule has 2 aromatic carbocycles. The molecule has 0 bridgehead atoms. The normalized spacial score (nSPS) is 19.3. The molecule has 5 aromatic rings. The van der Waals surface area contributed by atoms with E-state index in [-0.39, 0.29) is 29.7 Å². The Morgan fingerprint density at radius 2 is 1.80 bits per heavy atom. The second kappa shape index (κ2) is 12.8. The lowest BCUT2D eigenvalue weighted by Crippen LogP contribution is -2.40. The maximum Gasteiger partial charge on any atom is 0.439 e. The molecule has 0 unspecified atom stereocenters. The van der Waals surface area contributed by atoms with Crippen molar-refractivity contribution < 1.29 is 14.4 Å². The molecule has 240 valence electrons. The van der Waals surface area contributed by atoms with Crippen LogP contribution in [0.4, 0.5) is 0 Å². The Labute approximate surface area is 266 Å². The predicted octanol–water partition coefficient (Wildman–Crippen LogP) is 5.11. The topological polar surface area (TPSA) is 141 Å². The van der Waals surface area contributed by atoms with Crippen molar-refractivity contribution in [3.8, 4) is 22.5 Å². The van der Waals surface area contributed by atoms with Gasteiger partial charge in [-0.3, -0.25) is 18.9 Å². The van der Waals surface area contributed by atoms with E-state index in [9.17, 15) is 14.7 Å². The second-order valence-electron chi connectivity index (χ2n) is 12.9. The summed E-state index contributed by atoms with van der Waals surface area (Å²) in [5, 5.41) is 18.3. The molecule has 0 amide bonds. The Balaban J connectivity index is 1.15. The van der Waals surface area contributed by atoms with Gasteiger partial charge in [-0.2, -0.15) is 10.1 Å². The van der Waals surface area contributed by atoms with E-state index in [4.69, 9.17) is 9.26 Å². The maximum atomic E-state index is 14.4. The van der Waals surface area contributed by atoms with Crippen LogP contribution in [0.15, 0.2) is 69.0 Å². The van der Waals surface area contributed by atoms with Gasteiger partial charge in [-0.25, -0.2) is 9.31 Å². The molecule has 11 nitrogen and oxygen atoms in total. The first-order valence-electron chi connectivity index (χ1n) is 16.4. The third-order valence-corrected chi connectivity index (χ3v) is 9.97. The van der Waals surface area contributed by atoms with Crippen LogP contribution in [0.2, 0.25) is 0 Å². The first-order chi connectivity index (χ1) is 22.5. The van der Waals surface area contributed by atoms with Gasteiger partial charge >= 0.3 is 5.76 Å². The Bertz CT molecular complexity index is 1920. The first kappa shape index (κ1) is 30.3. The molecule has 2 saturated carbocycles. The van der Waals surface area contributed by atoms with Crippen molar-refractivity contribution in [3.63, 3.8) is 0 Å². The van der Waals surface area contributed by atoms with E-state index in [0.717, 1.165) is 91.3 Å². The quantitative estimate of drug-likeness (QED) is 0.207. The summed E-state index contributed by atoms with van der Waals surface area (Å²) in [6.07, 6.45) is 10.4. The molecule has 0 spiro atoms. The van der Waals surface area contributed by atoms with E-state index in [1.54, 1.807) is 6.33 Å². The zero-order valence-electron chi connectivity index (χ0n) is 26.2. The van der Waals surface area contributed by atoms with E-state index in [1.165, 1.54) is 0 Å². The summed E-state index contributed by atoms with van der Waals surface area (Å²) >= 11 is 0. The number of hydrogen-bond acceptors (Lipinski definition) is 8. The zero-order valence-corrected chi connectivity index (χ0v) is 26.2. The van der Waals surface area contributed by atoms with Crippen LogP contribution in [0, 0.1) is 5.41 Å². The van der Waals surface area contributed by atoms with Crippen LogP contribution >= 0.6 is 0 Å². The number of fused-ring (bicyclic) bond motifs is 1. The monoisotopic (exact) mass is 624 g/mol. The first-order valence-corrected chi connectivity index (χ1v) is 16.4. The molecule has 2 N–H and O–H groups in total. The molecule has 0 atom stereocenters. The molecule has 3 aromatic heterocycles. The lowest BCUT2D eigenvalue weighted by Gasteiger charge is -2.41. The summed E-state index contributed by atoms with van der Waals surface area (Å²) in [4.78, 5) is 33.2. The van der Waals surface area contributed by atoms with Crippen LogP contribution < -0.4 is 11.3 Å². The van der Waals surface area contributed by atoms with E-state index < -0.39 is 5.76 Å². The molecule has 2 aliphatic carbocycles. The van der Waals surface area contributed by atoms with Crippen molar-refractivity contribution in [2.75, 3.05) is 13.2 Å². The zero-order chi connectivity index (χ0) is 31.7. The van der Waals surface area contributed by atoms with Crippen LogP contribution in [-0.4, -0.2) is 53.7 Å². The SMILES string of the molecule is CCCc1c(Cc2ccc(-c3ccccc3-c3noc(=O)[nH]3)cc2)c(=O)n(C2CCC(OCC3(CO)CCC3)CC2)c2ncnn12. The molecule has 11 heteroatoms. The van der Waals surface area contributed by atoms with Gasteiger partial charge < -0.3 is 9.84 Å². The van der Waals surface area contributed by atoms with Gasteiger partial charge in [0.25, 0.3) is 5.56 Å². The third kappa shape index (κ3) is 5.73. The van der Waals surface area contributed by atoms with Gasteiger partial charge in [0.1, 0.15) is 6.33 Å². The molecule has 7 rings (SSSR count). The Morgan fingerprint density at radius 1 is 1.04 bits per heavy atom. The highest BCUT2D eigenvalue weighted by Crippen LogP contribution is 2.42. The summed E-state index contributed by atoms with van der Waals surface area (Å²) in [7, 11) is 0. The number of aromatic amines is 1. The fourth-order valence-electron chi connectivity index (χ4n) is 7.16. The van der Waals surface area contributed by atoms with Crippen LogP contribution in [-0.2, 0) is 17.6 Å². The number of H-pyrrole nitrogens is 1. The van der Waals surface area contributed by atoms with Crippen molar-refractivity contribution in [2.24, 2.45) is 5.41 Å². The number of aliphatic hydroxyl groups is 1. The van der Waals surface area contributed by atoms with Gasteiger partial charge in [-0.05, 0) is 61.6 Å². The molecule has 2 fully saturated rings. The van der Waals surface area contributed by atoms with Crippen molar-refractivity contribution in [1.29, 1.82) is 0 Å². The molecular weight excluding hydrogens is 584 g/mol. The molecule has 0 radical (unpaired) electrons. The molecule has 46 heavy (non-hydrogen) atoms. The van der Waals surface area contributed by atoms with Crippen molar-refractivity contribution in [3.05, 3.63) is 92.6 Å². The van der Waals surface area contributed by atoms with Crippen LogP contribution in [0.1, 0.15) is 81.2 Å². The van der Waals surface area contributed by atoms with Gasteiger partial charge in [0, 0.05) is 29.0 Å². The van der Waals surface area contributed by atoms with Gasteiger partial charge in [0.15, 0.2) is 5.82 Å². The third-order valence-electron chi connectivity index (χ3n) is 9.97. The Morgan fingerprint density at radius 3 is 2.46 bits per heavy atom. The highest BCUT2D eigenvalue weighted by atomic mass is 16.5. The van der Waals surface area contributed by atoms with E-state index in [1.807, 2.05) is 57.6 Å². The lowest BCUT2D eigenvalue weighted by atomic mass is 9.70. The van der Waals surface area contributed by atoms with Crippen molar-refractivity contribution >= 4 is 5.78 Å². The number of aryl methyl sites for hydroxylation is 1. The largest absolute Gasteiger partial charge is 0.439 e. The van der Waals surface area contributed by atoms with Crippen LogP contribution in [0.5, 0.6) is 0 Å². The smallest absolute Gasteiger partial charge is 0.396 e. The number of aliphatic hydroxyl groups excluding tert-OH is 1. The van der Waals surface area contributed by atoms with Gasteiger partial charge in [0.05, 0.1) is 25.0 Å². The van der Waals surface area contributed by atoms with Gasteiger partial charge in [-0.1, -0.05) is 73.5 Å². The summed E-state index contributed by atoms with van der Waals surface area (Å²) in [6.45, 7) is 2.92. The van der Waals surface area contributed by atoms with E-state index in [0.29, 0.717) is 24.6 Å². The van der Waals surface area contributed by atoms with Crippen LogP contribution in [0.25, 0.3) is 28.3 Å². The number of hydrogen-bond donors (Lipinski definition) is 2. The molecule has 0 saturated heterocycles. The average Bonchev–Trinajstić information content (AvgIpc) is 3.73. The summed E-state index contributed by atoms with van der Waals surface area (Å²) in [5.41, 5.74) is 5.27. The van der Waals surface area contributed by atoms with Crippen molar-refractivity contribution in [2.45, 2.75) is 83.3 Å². The average molecular weight is 625 g/mol. The summed E-state index contributed by atoms with van der Waals surface area (Å²) < 4.78 is 14.8. The van der Waals surface area contributed by atoms with E-state index >= 15 is 0 Å². The predicted molar refractivity (Wildman–Crippen MR) is 173 cm³/mol. The highest BCUT2D eigenvalue weighted by Gasteiger charge is 2.38. The fourth-order valence-corrected chi connectivity index (χ4v) is 7.16. The minimum Gasteiger partial charge on any atom is -0.396 e. The van der Waals surface area contributed by atoms with E-state index in [2.05, 4.69) is 27.1 Å². The second-order valence-corrected chi connectivity index (χ2v) is 12.9. The number of aromatic nitrogens is 6. The summed E-state index contributed by atoms with van der Waals surface area (Å²) in [5.74, 6) is 0.385. The number of benzene rings is 2. The molecular formula is C35H40N6O5. The lowest BCUT2D eigenvalue weighted by molar-refractivity contribution is -0.0808. The maximum absolute atomic E-state index is 14.4. The van der Waals surface area contributed by atoms with Gasteiger partial charge in [-0.15, -0.1) is 0 Å². The highest BCUT2D eigenvalue weighted by molar-refractivity contribution is 5.80. The van der Waals surface area contributed by atoms with Gasteiger partial charge in [0.2, 0.25) is 5.78 Å². The number of nitrogens with zero attached hydrogens (tertiary/aromatic N) is 5. The minimum atomic E-state index is -0.598. The summed E-state index contributed by atoms with van der Waals surface area (Å²) in [6, 6.07) is 15.9. The molecule has 2 aliphatic rings.